The highest BCUT2D eigenvalue weighted by Crippen LogP contribution is 2.30. The van der Waals surface area contributed by atoms with Crippen LogP contribution in [0.3, 0.4) is 0 Å². The third-order valence-corrected chi connectivity index (χ3v) is 5.33. The van der Waals surface area contributed by atoms with Crippen molar-refractivity contribution < 1.29 is 9.18 Å². The third kappa shape index (κ3) is 3.91. The Morgan fingerprint density at radius 3 is 3.00 bits per heavy atom. The van der Waals surface area contributed by atoms with Gasteiger partial charge in [-0.1, -0.05) is 24.2 Å². The number of piperidine rings is 1. The molecular formula is C21H19ClFN5O. The lowest BCUT2D eigenvalue weighted by Gasteiger charge is -2.31. The Morgan fingerprint density at radius 1 is 1.31 bits per heavy atom. The van der Waals surface area contributed by atoms with Crippen molar-refractivity contribution in [2.24, 2.45) is 0 Å². The number of amides is 1. The Bertz CT molecular complexity index is 1090. The number of carbonyl (C=O) groups is 1. The molecule has 148 valence electrons. The van der Waals surface area contributed by atoms with E-state index < -0.39 is 5.82 Å². The van der Waals surface area contributed by atoms with Crippen molar-refractivity contribution in [3.8, 4) is 0 Å². The molecule has 3 heterocycles. The van der Waals surface area contributed by atoms with Gasteiger partial charge in [0.05, 0.1) is 16.2 Å². The third-order valence-electron chi connectivity index (χ3n) is 5.03. The summed E-state index contributed by atoms with van der Waals surface area (Å²) < 4.78 is 14.3. The zero-order valence-electron chi connectivity index (χ0n) is 15.6. The maximum Gasteiger partial charge on any atom is 0.245 e. The van der Waals surface area contributed by atoms with Gasteiger partial charge in [0, 0.05) is 24.7 Å². The van der Waals surface area contributed by atoms with Crippen LogP contribution in [0, 0.1) is 5.82 Å². The summed E-state index contributed by atoms with van der Waals surface area (Å²) in [6.45, 7) is 4.87. The van der Waals surface area contributed by atoms with E-state index in [0.717, 1.165) is 25.1 Å². The van der Waals surface area contributed by atoms with Crippen LogP contribution in [0.4, 0.5) is 15.9 Å². The maximum absolute atomic E-state index is 14.3. The minimum absolute atomic E-state index is 0.0243. The summed E-state index contributed by atoms with van der Waals surface area (Å²) in [5, 5.41) is 3.00. The van der Waals surface area contributed by atoms with Crippen molar-refractivity contribution in [1.82, 2.24) is 19.9 Å². The molecule has 0 bridgehead atoms. The van der Waals surface area contributed by atoms with E-state index in [4.69, 9.17) is 16.6 Å². The van der Waals surface area contributed by atoms with Crippen LogP contribution in [0.15, 0.2) is 49.3 Å². The van der Waals surface area contributed by atoms with Crippen LogP contribution >= 0.6 is 11.6 Å². The summed E-state index contributed by atoms with van der Waals surface area (Å²) in [6.07, 6.45) is 4.57. The van der Waals surface area contributed by atoms with Crippen LogP contribution in [0.25, 0.3) is 11.0 Å². The number of nitrogens with zero attached hydrogens (tertiary/aromatic N) is 4. The first-order chi connectivity index (χ1) is 14.1. The van der Waals surface area contributed by atoms with Crippen molar-refractivity contribution in [2.75, 3.05) is 18.4 Å². The fraction of sp³-hybridized carbons (Fsp3) is 0.238. The highest BCUT2D eigenvalue weighted by molar-refractivity contribution is 6.31. The Balaban J connectivity index is 1.68. The molecule has 1 aromatic carbocycles. The van der Waals surface area contributed by atoms with Crippen LogP contribution in [0.2, 0.25) is 5.02 Å². The lowest BCUT2D eigenvalue weighted by Crippen LogP contribution is -2.38. The topological polar surface area (TPSA) is 71.0 Å². The van der Waals surface area contributed by atoms with Crippen molar-refractivity contribution in [2.45, 2.75) is 18.8 Å². The predicted octanol–water partition coefficient (Wildman–Crippen LogP) is 4.45. The molecule has 1 aliphatic rings. The zero-order chi connectivity index (χ0) is 20.4. The van der Waals surface area contributed by atoms with Crippen LogP contribution in [0.5, 0.6) is 0 Å². The van der Waals surface area contributed by atoms with Gasteiger partial charge in [0.2, 0.25) is 5.91 Å². The molecule has 29 heavy (non-hydrogen) atoms. The van der Waals surface area contributed by atoms with E-state index in [1.807, 2.05) is 12.1 Å². The number of benzene rings is 1. The molecule has 0 aliphatic carbocycles. The average Bonchev–Trinajstić information content (AvgIpc) is 2.76. The molecule has 1 N–H and O–H groups in total. The number of carbonyl (C=O) groups excluding carboxylic acids is 1. The van der Waals surface area contributed by atoms with Crippen molar-refractivity contribution >= 4 is 40.0 Å². The summed E-state index contributed by atoms with van der Waals surface area (Å²) in [5.74, 6) is -0.124. The molecule has 2 aromatic heterocycles. The van der Waals surface area contributed by atoms with Crippen LogP contribution < -0.4 is 5.32 Å². The molecule has 6 nitrogen and oxygen atoms in total. The van der Waals surface area contributed by atoms with Gasteiger partial charge >= 0.3 is 0 Å². The van der Waals surface area contributed by atoms with Gasteiger partial charge in [-0.25, -0.2) is 19.3 Å². The van der Waals surface area contributed by atoms with Gasteiger partial charge in [0.15, 0.2) is 11.6 Å². The standard InChI is InChI=1S/C21H19ClFN5O/c1-2-18(29)28-10-4-5-13(11-28)15-8-9-17-20(26-15)21(25-12-24-17)27-16-7-3-6-14(22)19(16)23/h2-3,6-9,12-13H,1,4-5,10-11H2,(H,24,25,27)/t13-/m1/s1. The molecule has 4 rings (SSSR count). The van der Waals surface area contributed by atoms with Crippen molar-refractivity contribution in [3.63, 3.8) is 0 Å². The number of rotatable bonds is 4. The molecule has 1 aliphatic heterocycles. The van der Waals surface area contributed by atoms with E-state index in [0.29, 0.717) is 23.4 Å². The van der Waals surface area contributed by atoms with Crippen molar-refractivity contribution in [3.05, 3.63) is 65.8 Å². The first kappa shape index (κ1) is 19.3. The molecule has 1 amide bonds. The second-order valence-electron chi connectivity index (χ2n) is 6.88. The molecule has 0 spiro atoms. The highest BCUT2D eigenvalue weighted by atomic mass is 35.5. The molecule has 8 heteroatoms. The quantitative estimate of drug-likeness (QED) is 0.642. The number of fused-ring (bicyclic) bond motifs is 1. The summed E-state index contributed by atoms with van der Waals surface area (Å²) in [5.41, 5.74) is 2.24. The SMILES string of the molecule is C=CC(=O)N1CCC[C@@H](c2ccc3ncnc(Nc4cccc(Cl)c4F)c3n2)C1. The normalized spacial score (nSPS) is 16.6. The highest BCUT2D eigenvalue weighted by Gasteiger charge is 2.25. The van der Waals surface area contributed by atoms with Crippen LogP contribution in [-0.4, -0.2) is 38.8 Å². The second kappa shape index (κ2) is 8.13. The van der Waals surface area contributed by atoms with Crippen LogP contribution in [0.1, 0.15) is 24.5 Å². The largest absolute Gasteiger partial charge is 0.339 e. The number of hydrogen-bond donors (Lipinski definition) is 1. The monoisotopic (exact) mass is 411 g/mol. The van der Waals surface area contributed by atoms with Gasteiger partial charge < -0.3 is 10.2 Å². The number of aromatic nitrogens is 3. The Morgan fingerprint density at radius 2 is 2.17 bits per heavy atom. The Labute approximate surface area is 172 Å². The van der Waals surface area contributed by atoms with E-state index in [1.54, 1.807) is 17.0 Å². The molecular weight excluding hydrogens is 393 g/mol. The van der Waals surface area contributed by atoms with E-state index >= 15 is 0 Å². The summed E-state index contributed by atoms with van der Waals surface area (Å²) in [7, 11) is 0. The van der Waals surface area contributed by atoms with E-state index in [2.05, 4.69) is 21.9 Å². The van der Waals surface area contributed by atoms with E-state index in [-0.39, 0.29) is 22.5 Å². The minimum Gasteiger partial charge on any atom is -0.339 e. The van der Waals surface area contributed by atoms with Gasteiger partial charge in [-0.3, -0.25) is 4.79 Å². The lowest BCUT2D eigenvalue weighted by molar-refractivity contribution is -0.127. The second-order valence-corrected chi connectivity index (χ2v) is 7.29. The first-order valence-electron chi connectivity index (χ1n) is 9.31. The van der Waals surface area contributed by atoms with Crippen LogP contribution in [-0.2, 0) is 4.79 Å². The lowest BCUT2D eigenvalue weighted by atomic mass is 9.94. The molecule has 3 aromatic rings. The molecule has 0 saturated carbocycles. The fourth-order valence-corrected chi connectivity index (χ4v) is 3.72. The average molecular weight is 412 g/mol. The minimum atomic E-state index is -0.553. The van der Waals surface area contributed by atoms with E-state index in [9.17, 15) is 9.18 Å². The summed E-state index contributed by atoms with van der Waals surface area (Å²) >= 11 is 5.87. The first-order valence-corrected chi connectivity index (χ1v) is 9.68. The number of pyridine rings is 1. The van der Waals surface area contributed by atoms with Gasteiger partial charge in [-0.2, -0.15) is 0 Å². The van der Waals surface area contributed by atoms with Gasteiger partial charge in [0.25, 0.3) is 0 Å². The molecule has 0 radical (unpaired) electrons. The Hall–Kier alpha value is -3.06. The van der Waals surface area contributed by atoms with Gasteiger partial charge in [-0.05, 0) is 43.2 Å². The fourth-order valence-electron chi connectivity index (χ4n) is 3.55. The predicted molar refractivity (Wildman–Crippen MR) is 111 cm³/mol. The number of anilines is 2. The van der Waals surface area contributed by atoms with E-state index in [1.165, 1.54) is 18.5 Å². The number of nitrogens with one attached hydrogen (secondary N) is 1. The molecule has 0 unspecified atom stereocenters. The Kier molecular flexibility index (Phi) is 5.40. The molecule has 1 saturated heterocycles. The van der Waals surface area contributed by atoms with Gasteiger partial charge in [-0.15, -0.1) is 0 Å². The number of likely N-dealkylation sites (tertiary alicyclic amines) is 1. The number of halogens is 2. The summed E-state index contributed by atoms with van der Waals surface area (Å²) in [4.78, 5) is 27.0. The summed E-state index contributed by atoms with van der Waals surface area (Å²) in [6, 6.07) is 8.51. The molecule has 1 fully saturated rings. The molecule has 1 atom stereocenters. The van der Waals surface area contributed by atoms with Gasteiger partial charge in [0.1, 0.15) is 11.8 Å². The zero-order valence-corrected chi connectivity index (χ0v) is 16.4. The number of hydrogen-bond acceptors (Lipinski definition) is 5. The smallest absolute Gasteiger partial charge is 0.245 e. The maximum atomic E-state index is 14.3. The van der Waals surface area contributed by atoms with Crippen molar-refractivity contribution in [1.29, 1.82) is 0 Å².